The molecule has 2 aliphatic rings. The molecule has 0 amide bonds. The normalized spacial score (nSPS) is 27.9. The van der Waals surface area contributed by atoms with Crippen LogP contribution in [0.3, 0.4) is 0 Å². The van der Waals surface area contributed by atoms with Crippen molar-refractivity contribution in [3.05, 3.63) is 34.9 Å². The topological polar surface area (TPSA) is 0 Å². The highest BCUT2D eigenvalue weighted by molar-refractivity contribution is 5.44. The van der Waals surface area contributed by atoms with E-state index in [0.717, 1.165) is 11.8 Å². The first-order valence-electron chi connectivity index (χ1n) is 6.89. The van der Waals surface area contributed by atoms with Gasteiger partial charge in [-0.25, -0.2) is 0 Å². The molecule has 2 unspecified atom stereocenters. The Kier molecular flexibility index (Phi) is 2.53. The van der Waals surface area contributed by atoms with Crippen LogP contribution in [-0.4, -0.2) is 0 Å². The van der Waals surface area contributed by atoms with Crippen molar-refractivity contribution in [2.24, 2.45) is 5.92 Å². The second-order valence-corrected chi connectivity index (χ2v) is 5.93. The molecule has 86 valence electrons. The van der Waals surface area contributed by atoms with Gasteiger partial charge in [0, 0.05) is 0 Å². The van der Waals surface area contributed by atoms with Gasteiger partial charge < -0.3 is 0 Å². The van der Waals surface area contributed by atoms with E-state index >= 15 is 0 Å². The van der Waals surface area contributed by atoms with Crippen LogP contribution in [0.15, 0.2) is 18.2 Å². The smallest absolute Gasteiger partial charge is 0.0125 e. The Bertz CT molecular complexity index is 389. The highest BCUT2D eigenvalue weighted by atomic mass is 14.4. The van der Waals surface area contributed by atoms with E-state index in [-0.39, 0.29) is 0 Å². The predicted molar refractivity (Wildman–Crippen MR) is 68.9 cm³/mol. The summed E-state index contributed by atoms with van der Waals surface area (Å²) < 4.78 is 0. The zero-order valence-electron chi connectivity index (χ0n) is 10.5. The summed E-state index contributed by atoms with van der Waals surface area (Å²) in [5.74, 6) is 2.57. The first-order valence-corrected chi connectivity index (χ1v) is 6.89. The van der Waals surface area contributed by atoms with E-state index in [0.29, 0.717) is 5.92 Å². The predicted octanol–water partition coefficient (Wildman–Crippen LogP) is 4.64. The molecule has 3 rings (SSSR count). The summed E-state index contributed by atoms with van der Waals surface area (Å²) in [4.78, 5) is 0. The molecule has 0 bridgehead atoms. The fraction of sp³-hybridized carbons (Fsp3) is 0.625. The van der Waals surface area contributed by atoms with Gasteiger partial charge in [-0.3, -0.25) is 0 Å². The molecule has 0 aliphatic heterocycles. The fourth-order valence-corrected chi connectivity index (χ4v) is 3.88. The summed E-state index contributed by atoms with van der Waals surface area (Å²) in [5, 5.41) is 0. The van der Waals surface area contributed by atoms with Crippen LogP contribution in [0.25, 0.3) is 0 Å². The van der Waals surface area contributed by atoms with Crippen molar-refractivity contribution in [3.63, 3.8) is 0 Å². The van der Waals surface area contributed by atoms with Crippen molar-refractivity contribution in [2.75, 3.05) is 0 Å². The molecule has 2 atom stereocenters. The second-order valence-electron chi connectivity index (χ2n) is 5.93. The minimum Gasteiger partial charge on any atom is -0.0617 e. The molecule has 1 aromatic rings. The van der Waals surface area contributed by atoms with Crippen LogP contribution < -0.4 is 0 Å². The Morgan fingerprint density at radius 2 is 1.94 bits per heavy atom. The maximum Gasteiger partial charge on any atom is -0.0125 e. The summed E-state index contributed by atoms with van der Waals surface area (Å²) in [6, 6.07) is 7.01. The van der Waals surface area contributed by atoms with E-state index in [1.807, 2.05) is 0 Å². The molecule has 0 nitrogen and oxygen atoms in total. The van der Waals surface area contributed by atoms with E-state index in [9.17, 15) is 0 Å². The van der Waals surface area contributed by atoms with Crippen molar-refractivity contribution in [2.45, 2.75) is 57.8 Å². The lowest BCUT2D eigenvalue weighted by Crippen LogP contribution is -2.14. The number of benzene rings is 1. The number of fused-ring (bicyclic) bond motifs is 3. The number of hydrogen-bond donors (Lipinski definition) is 0. The van der Waals surface area contributed by atoms with Crippen LogP contribution in [0.4, 0.5) is 0 Å². The Morgan fingerprint density at radius 3 is 2.75 bits per heavy atom. The minimum atomic E-state index is 0.690. The largest absolute Gasteiger partial charge is 0.0617 e. The Hall–Kier alpha value is -0.780. The summed E-state index contributed by atoms with van der Waals surface area (Å²) in [5.41, 5.74) is 5.05. The van der Waals surface area contributed by atoms with E-state index in [1.54, 1.807) is 16.7 Å². The van der Waals surface area contributed by atoms with Gasteiger partial charge in [0.15, 0.2) is 0 Å². The quantitative estimate of drug-likeness (QED) is 0.639. The summed E-state index contributed by atoms with van der Waals surface area (Å²) in [6.07, 6.45) is 7.19. The number of rotatable bonds is 1. The van der Waals surface area contributed by atoms with Crippen LogP contribution >= 0.6 is 0 Å². The van der Waals surface area contributed by atoms with Gasteiger partial charge >= 0.3 is 0 Å². The van der Waals surface area contributed by atoms with E-state index < -0.39 is 0 Å². The average molecular weight is 214 g/mol. The van der Waals surface area contributed by atoms with Gasteiger partial charge in [-0.15, -0.1) is 0 Å². The lowest BCUT2D eigenvalue weighted by molar-refractivity contribution is 0.329. The molecule has 2 aliphatic carbocycles. The zero-order chi connectivity index (χ0) is 11.1. The molecule has 16 heavy (non-hydrogen) atoms. The lowest BCUT2D eigenvalue weighted by Gasteiger charge is -2.27. The van der Waals surface area contributed by atoms with Crippen LogP contribution in [0.2, 0.25) is 0 Å². The summed E-state index contributed by atoms with van der Waals surface area (Å²) in [6.45, 7) is 4.68. The third-order valence-electron chi connectivity index (χ3n) is 4.61. The summed E-state index contributed by atoms with van der Waals surface area (Å²) in [7, 11) is 0. The summed E-state index contributed by atoms with van der Waals surface area (Å²) >= 11 is 0. The van der Waals surface area contributed by atoms with Crippen molar-refractivity contribution in [3.8, 4) is 0 Å². The molecule has 0 heteroatoms. The molecule has 0 radical (unpaired) electrons. The highest BCUT2D eigenvalue weighted by Crippen LogP contribution is 2.48. The molecule has 1 saturated carbocycles. The molecular formula is C16H22. The minimum absolute atomic E-state index is 0.690. The van der Waals surface area contributed by atoms with Gasteiger partial charge in [0.05, 0.1) is 0 Å². The standard InChI is InChI=1S/C16H22/c1-11(2)14-9-5-7-13-10-12-6-3-4-8-15(12)16(13)14/h5,7,9,11-12,15H,3-4,6,8,10H2,1-2H3. The fourth-order valence-electron chi connectivity index (χ4n) is 3.88. The third kappa shape index (κ3) is 1.50. The van der Waals surface area contributed by atoms with E-state index in [1.165, 1.54) is 32.1 Å². The Morgan fingerprint density at radius 1 is 1.12 bits per heavy atom. The Labute approximate surface area is 99.1 Å². The van der Waals surface area contributed by atoms with Crippen LogP contribution in [0.5, 0.6) is 0 Å². The van der Waals surface area contributed by atoms with Crippen molar-refractivity contribution in [1.82, 2.24) is 0 Å². The Balaban J connectivity index is 2.06. The molecule has 1 aromatic carbocycles. The molecular weight excluding hydrogens is 192 g/mol. The van der Waals surface area contributed by atoms with Crippen molar-refractivity contribution in [1.29, 1.82) is 0 Å². The van der Waals surface area contributed by atoms with Gasteiger partial charge in [0.1, 0.15) is 0 Å². The highest BCUT2D eigenvalue weighted by Gasteiger charge is 2.35. The molecule has 0 saturated heterocycles. The van der Waals surface area contributed by atoms with Gasteiger partial charge in [0.2, 0.25) is 0 Å². The molecule has 1 fully saturated rings. The third-order valence-corrected chi connectivity index (χ3v) is 4.61. The molecule has 0 aromatic heterocycles. The van der Waals surface area contributed by atoms with Crippen molar-refractivity contribution < 1.29 is 0 Å². The maximum atomic E-state index is 2.37. The van der Waals surface area contributed by atoms with Gasteiger partial charge in [-0.1, -0.05) is 44.9 Å². The first-order chi connectivity index (χ1) is 7.77. The SMILES string of the molecule is CC(C)c1cccc2c1C1CCCCC1C2. The van der Waals surface area contributed by atoms with Crippen LogP contribution in [-0.2, 0) is 6.42 Å². The van der Waals surface area contributed by atoms with Crippen LogP contribution in [0, 0.1) is 5.92 Å². The zero-order valence-corrected chi connectivity index (χ0v) is 10.5. The van der Waals surface area contributed by atoms with Gasteiger partial charge in [-0.05, 0) is 53.7 Å². The van der Waals surface area contributed by atoms with Crippen LogP contribution in [0.1, 0.15) is 68.1 Å². The van der Waals surface area contributed by atoms with Gasteiger partial charge in [-0.2, -0.15) is 0 Å². The molecule has 0 heterocycles. The van der Waals surface area contributed by atoms with E-state index in [2.05, 4.69) is 32.0 Å². The number of hydrogen-bond acceptors (Lipinski definition) is 0. The molecule has 0 N–H and O–H groups in total. The maximum absolute atomic E-state index is 2.37. The second kappa shape index (κ2) is 3.91. The lowest BCUT2D eigenvalue weighted by atomic mass is 9.78. The first kappa shape index (κ1) is 10.4. The molecule has 0 spiro atoms. The van der Waals surface area contributed by atoms with Gasteiger partial charge in [0.25, 0.3) is 0 Å². The van der Waals surface area contributed by atoms with E-state index in [4.69, 9.17) is 0 Å². The monoisotopic (exact) mass is 214 g/mol. The average Bonchev–Trinajstić information content (AvgIpc) is 2.66. The van der Waals surface area contributed by atoms with Crippen molar-refractivity contribution >= 4 is 0 Å².